The van der Waals surface area contributed by atoms with Gasteiger partial charge in [0, 0.05) is 12.1 Å². The van der Waals surface area contributed by atoms with Crippen molar-refractivity contribution >= 4 is 40.3 Å². The van der Waals surface area contributed by atoms with E-state index in [0.29, 0.717) is 20.9 Å². The van der Waals surface area contributed by atoms with Crippen molar-refractivity contribution in [1.29, 1.82) is 0 Å². The summed E-state index contributed by atoms with van der Waals surface area (Å²) in [4.78, 5) is 15.5. The number of methoxy groups -OCH3 is 1. The van der Waals surface area contributed by atoms with Gasteiger partial charge in [0.25, 0.3) is 5.91 Å². The van der Waals surface area contributed by atoms with Crippen molar-refractivity contribution in [3.05, 3.63) is 46.6 Å². The summed E-state index contributed by atoms with van der Waals surface area (Å²) < 4.78 is 39.6. The number of benzene rings is 1. The number of nitrogens with zero attached hydrogens (tertiary/aromatic N) is 1. The highest BCUT2D eigenvalue weighted by atomic mass is 32.2. The Kier molecular flexibility index (Phi) is 6.31. The zero-order valence-electron chi connectivity index (χ0n) is 18.3. The van der Waals surface area contributed by atoms with Gasteiger partial charge in [0.15, 0.2) is 11.6 Å². The van der Waals surface area contributed by atoms with E-state index >= 15 is 0 Å². The Morgan fingerprint density at radius 1 is 1.09 bits per heavy atom. The van der Waals surface area contributed by atoms with Gasteiger partial charge in [-0.25, -0.2) is 4.39 Å². The molecule has 2 aromatic rings. The fourth-order valence-electron chi connectivity index (χ4n) is 5.46. The largest absolute Gasteiger partial charge is 0.494 e. The first-order valence-corrected chi connectivity index (χ1v) is 12.6. The van der Waals surface area contributed by atoms with Gasteiger partial charge in [-0.3, -0.25) is 9.69 Å². The molecule has 2 saturated carbocycles. The number of furan rings is 1. The average molecular weight is 490 g/mol. The van der Waals surface area contributed by atoms with Crippen LogP contribution in [-0.2, 0) is 4.79 Å². The Labute approximate surface area is 201 Å². The zero-order valence-corrected chi connectivity index (χ0v) is 19.9. The summed E-state index contributed by atoms with van der Waals surface area (Å²) in [6.07, 6.45) is 9.99. The van der Waals surface area contributed by atoms with E-state index in [9.17, 15) is 13.6 Å². The summed E-state index contributed by atoms with van der Waals surface area (Å²) in [7, 11) is 1.28. The van der Waals surface area contributed by atoms with E-state index < -0.39 is 11.6 Å². The summed E-state index contributed by atoms with van der Waals surface area (Å²) in [6, 6.07) is 6.10. The van der Waals surface area contributed by atoms with Gasteiger partial charge in [-0.2, -0.15) is 4.39 Å². The summed E-state index contributed by atoms with van der Waals surface area (Å²) in [5.41, 5.74) is -0.00950. The van der Waals surface area contributed by atoms with E-state index in [0.717, 1.165) is 25.2 Å². The second kappa shape index (κ2) is 9.22. The zero-order chi connectivity index (χ0) is 23.1. The topological polar surface area (TPSA) is 42.7 Å². The summed E-state index contributed by atoms with van der Waals surface area (Å²) >= 11 is 6.84. The molecule has 0 radical (unpaired) electrons. The predicted molar refractivity (Wildman–Crippen MR) is 129 cm³/mol. The second-order valence-electron chi connectivity index (χ2n) is 8.97. The first kappa shape index (κ1) is 22.6. The lowest BCUT2D eigenvalue weighted by Gasteiger charge is -2.41. The molecule has 1 aromatic heterocycles. The lowest BCUT2D eigenvalue weighted by atomic mass is 9.69. The number of ether oxygens (including phenoxy) is 1. The molecule has 3 aliphatic rings. The van der Waals surface area contributed by atoms with Crippen molar-refractivity contribution in [2.75, 3.05) is 7.11 Å². The number of thioether (sulfide) groups is 1. The van der Waals surface area contributed by atoms with E-state index in [4.69, 9.17) is 21.4 Å². The first-order chi connectivity index (χ1) is 16.0. The highest BCUT2D eigenvalue weighted by Gasteiger charge is 2.41. The van der Waals surface area contributed by atoms with Gasteiger partial charge in [-0.05, 0) is 55.4 Å². The van der Waals surface area contributed by atoms with Crippen LogP contribution in [0.5, 0.6) is 5.75 Å². The highest BCUT2D eigenvalue weighted by Crippen LogP contribution is 2.45. The normalized spacial score (nSPS) is 26.7. The molecule has 0 spiro atoms. The lowest BCUT2D eigenvalue weighted by Crippen LogP contribution is -2.44. The average Bonchev–Trinajstić information content (AvgIpc) is 3.39. The van der Waals surface area contributed by atoms with Gasteiger partial charge in [-0.15, -0.1) is 0 Å². The molecule has 2 heterocycles. The number of halogens is 2. The Morgan fingerprint density at radius 3 is 2.67 bits per heavy atom. The summed E-state index contributed by atoms with van der Waals surface area (Å²) in [6.45, 7) is 0. The Balaban J connectivity index is 1.34. The van der Waals surface area contributed by atoms with Crippen molar-refractivity contribution in [2.24, 2.45) is 11.8 Å². The van der Waals surface area contributed by atoms with Crippen LogP contribution in [0.2, 0.25) is 0 Å². The lowest BCUT2D eigenvalue weighted by molar-refractivity contribution is -0.124. The quantitative estimate of drug-likeness (QED) is 0.349. The minimum Gasteiger partial charge on any atom is -0.494 e. The molecule has 3 unspecified atom stereocenters. The predicted octanol–water partition coefficient (Wildman–Crippen LogP) is 6.79. The molecule has 2 aliphatic carbocycles. The van der Waals surface area contributed by atoms with Crippen molar-refractivity contribution < 1.29 is 22.7 Å². The third kappa shape index (κ3) is 4.23. The number of amides is 1. The van der Waals surface area contributed by atoms with Crippen molar-refractivity contribution in [1.82, 2.24) is 4.90 Å². The van der Waals surface area contributed by atoms with Gasteiger partial charge in [0.2, 0.25) is 5.82 Å². The van der Waals surface area contributed by atoms with Crippen LogP contribution in [0.15, 0.2) is 33.6 Å². The number of hydrogen-bond acceptors (Lipinski definition) is 5. The van der Waals surface area contributed by atoms with Crippen molar-refractivity contribution in [3.63, 3.8) is 0 Å². The van der Waals surface area contributed by atoms with Crippen LogP contribution in [-0.4, -0.2) is 28.3 Å². The Morgan fingerprint density at radius 2 is 1.88 bits per heavy atom. The maximum Gasteiger partial charge on any atom is 0.266 e. The molecular formula is C25H25F2NO3S2. The molecule has 3 fully saturated rings. The van der Waals surface area contributed by atoms with Crippen molar-refractivity contribution in [3.8, 4) is 17.1 Å². The fraction of sp³-hybridized carbons (Fsp3) is 0.440. The van der Waals surface area contributed by atoms with E-state index in [2.05, 4.69) is 0 Å². The Hall–Kier alpha value is -2.19. The maximum atomic E-state index is 14.4. The number of thiocarbonyl (C=S) groups is 1. The van der Waals surface area contributed by atoms with Crippen LogP contribution < -0.4 is 4.74 Å². The van der Waals surface area contributed by atoms with Gasteiger partial charge in [0.1, 0.15) is 15.8 Å². The molecule has 1 saturated heterocycles. The summed E-state index contributed by atoms with van der Waals surface area (Å²) in [5.74, 6) is -0.324. The third-order valence-corrected chi connectivity index (χ3v) is 8.46. The van der Waals surface area contributed by atoms with Crippen LogP contribution in [0.25, 0.3) is 17.4 Å². The van der Waals surface area contributed by atoms with Gasteiger partial charge < -0.3 is 9.15 Å². The van der Waals surface area contributed by atoms with Gasteiger partial charge in [-0.1, -0.05) is 49.7 Å². The van der Waals surface area contributed by atoms with Crippen LogP contribution in [0.1, 0.15) is 50.7 Å². The van der Waals surface area contributed by atoms with Crippen LogP contribution in [0.4, 0.5) is 8.78 Å². The molecule has 1 aromatic carbocycles. The highest BCUT2D eigenvalue weighted by molar-refractivity contribution is 8.26. The molecule has 0 bridgehead atoms. The number of fused-ring (bicyclic) bond motifs is 1. The molecule has 174 valence electrons. The third-order valence-electron chi connectivity index (χ3n) is 7.13. The molecule has 0 N–H and O–H groups in total. The van der Waals surface area contributed by atoms with Crippen LogP contribution >= 0.6 is 24.0 Å². The molecule has 1 amide bonds. The molecule has 5 rings (SSSR count). The standard InChI is InChI=1S/C25H25F2NO3S2/c1-30-20-11-9-18(22(26)23(20)27)19-10-8-17(31-19)13-21-24(29)28(25(32)33-21)16-7-6-14-4-2-3-5-15(14)12-16/h8-11,13-16H,2-7,12H2,1H3. The number of hydrogen-bond donors (Lipinski definition) is 0. The maximum absolute atomic E-state index is 14.4. The molecule has 4 nitrogen and oxygen atoms in total. The molecular weight excluding hydrogens is 464 g/mol. The van der Waals surface area contributed by atoms with Gasteiger partial charge >= 0.3 is 0 Å². The monoisotopic (exact) mass is 489 g/mol. The minimum atomic E-state index is -1.07. The minimum absolute atomic E-state index is 0.00950. The van der Waals surface area contributed by atoms with E-state index in [1.54, 1.807) is 23.1 Å². The number of carbonyl (C=O) groups excluding carboxylic acids is 1. The number of rotatable bonds is 4. The molecule has 8 heteroatoms. The SMILES string of the molecule is COc1ccc(-c2ccc(C=C3SC(=S)N(C4CCC5CCCCC5C4)C3=O)o2)c(F)c1F. The fourth-order valence-corrected chi connectivity index (χ4v) is 6.84. The van der Waals surface area contributed by atoms with Crippen LogP contribution in [0, 0.1) is 23.5 Å². The van der Waals surface area contributed by atoms with E-state index in [1.807, 2.05) is 0 Å². The van der Waals surface area contributed by atoms with Crippen LogP contribution in [0.3, 0.4) is 0 Å². The van der Waals surface area contributed by atoms with Crippen molar-refractivity contribution in [2.45, 2.75) is 51.0 Å². The van der Waals surface area contributed by atoms with Gasteiger partial charge in [0.05, 0.1) is 17.6 Å². The smallest absolute Gasteiger partial charge is 0.266 e. The molecule has 1 aliphatic heterocycles. The molecule has 33 heavy (non-hydrogen) atoms. The molecule has 3 atom stereocenters. The first-order valence-electron chi connectivity index (χ1n) is 11.4. The summed E-state index contributed by atoms with van der Waals surface area (Å²) in [5, 5.41) is 0. The van der Waals surface area contributed by atoms with E-state index in [1.165, 1.54) is 56.7 Å². The second-order valence-corrected chi connectivity index (χ2v) is 10.6. The number of carbonyl (C=O) groups is 1. The van der Waals surface area contributed by atoms with E-state index in [-0.39, 0.29) is 29.0 Å². The Bertz CT molecular complexity index is 1130.